The Morgan fingerprint density at radius 1 is 0.469 bits per heavy atom. The molecule has 11 aromatic rings. The first-order valence-electron chi connectivity index (χ1n) is 22.9. The van der Waals surface area contributed by atoms with Gasteiger partial charge in [0.25, 0.3) is 0 Å². The second-order valence-electron chi connectivity index (χ2n) is 21.3. The fourth-order valence-electron chi connectivity index (χ4n) is 11.9. The molecule has 0 N–H and O–H groups in total. The predicted octanol–water partition coefficient (Wildman–Crippen LogP) is 15.7. The average molecular weight is 859 g/mol. The van der Waals surface area contributed by atoms with Gasteiger partial charge in [0.15, 0.2) is 0 Å². The van der Waals surface area contributed by atoms with Crippen molar-refractivity contribution in [3.63, 3.8) is 0 Å². The summed E-state index contributed by atoms with van der Waals surface area (Å²) in [7, 11) is 0. The van der Waals surface area contributed by atoms with Gasteiger partial charge < -0.3 is 9.38 Å². The Morgan fingerprint density at radius 2 is 1.09 bits per heavy atom. The highest BCUT2D eigenvalue weighted by molar-refractivity contribution is 7.26. The fourth-order valence-corrected chi connectivity index (χ4v) is 14.2. The fraction of sp³-hybridized carbons (Fsp3) is 0.186. The van der Waals surface area contributed by atoms with Gasteiger partial charge in [-0.3, -0.25) is 0 Å². The van der Waals surface area contributed by atoms with Crippen LogP contribution < -0.4 is 15.7 Å². The van der Waals surface area contributed by atoms with Crippen molar-refractivity contribution in [1.29, 1.82) is 0 Å². The highest BCUT2D eigenvalue weighted by Crippen LogP contribution is 2.55. The van der Waals surface area contributed by atoms with Crippen LogP contribution in [0.3, 0.4) is 0 Å². The molecule has 1 aliphatic carbocycles. The molecular weight excluding hydrogens is 812 g/mol. The van der Waals surface area contributed by atoms with Crippen molar-refractivity contribution in [2.24, 2.45) is 0 Å². The molecule has 0 fully saturated rings. The van der Waals surface area contributed by atoms with Crippen LogP contribution in [0.15, 0.2) is 140 Å². The Morgan fingerprint density at radius 3 is 1.80 bits per heavy atom. The molecule has 2 nitrogen and oxygen atoms in total. The van der Waals surface area contributed by atoms with Gasteiger partial charge in [-0.1, -0.05) is 140 Å². The van der Waals surface area contributed by atoms with Crippen molar-refractivity contribution in [3.05, 3.63) is 162 Å². The number of benzene rings is 8. The van der Waals surface area contributed by atoms with E-state index in [1.54, 1.807) is 0 Å². The summed E-state index contributed by atoms with van der Waals surface area (Å²) in [6.45, 7) is 18.8. The molecule has 0 saturated heterocycles. The summed E-state index contributed by atoms with van der Waals surface area (Å²) in [5.74, 6) is 0. The minimum atomic E-state index is -0.164. The lowest BCUT2D eigenvalue weighted by Gasteiger charge is -2.42. The number of hydrogen-bond acceptors (Lipinski definition) is 3. The monoisotopic (exact) mass is 858 g/mol. The summed E-state index contributed by atoms with van der Waals surface area (Å²) >= 11 is 3.83. The summed E-state index contributed by atoms with van der Waals surface area (Å²) in [6.07, 6.45) is 0. The third-order valence-corrected chi connectivity index (χ3v) is 17.5. The summed E-state index contributed by atoms with van der Waals surface area (Å²) in [6, 6.07) is 55.0. The second kappa shape index (κ2) is 12.1. The zero-order chi connectivity index (χ0) is 43.3. The maximum atomic E-state index is 2.73. The standard InChI is InChI=1S/C59H47BN2S2/c1-57(2,3)32-17-20-34(21-18-32)62-49-30-46-40(35-22-19-33(58(4,5)6)25-45(35)59(46,7)8)26-41(49)38-23-24-39-42-29-53-44(37-14-10-12-16-52(37)63-53)28-48(42)61-50-31-54-43(36-13-9-11-15-51(36)64-54)27-47(50)60(62)55(38)56(39)61/h9-31H,1-8H3. The van der Waals surface area contributed by atoms with Crippen LogP contribution in [0.4, 0.5) is 11.4 Å². The minimum absolute atomic E-state index is 0.0443. The van der Waals surface area contributed by atoms with Crippen molar-refractivity contribution >= 4 is 114 Å². The number of rotatable bonds is 1. The van der Waals surface area contributed by atoms with E-state index in [-0.39, 0.29) is 23.1 Å². The molecule has 0 saturated carbocycles. The number of hydrogen-bond donors (Lipinski definition) is 0. The first-order valence-corrected chi connectivity index (χ1v) is 24.5. The molecule has 0 amide bonds. The van der Waals surface area contributed by atoms with Crippen molar-refractivity contribution in [2.75, 3.05) is 4.81 Å². The molecule has 308 valence electrons. The van der Waals surface area contributed by atoms with Gasteiger partial charge in [0, 0.05) is 79.2 Å². The average Bonchev–Trinajstić information content (AvgIpc) is 3.99. The molecule has 3 aromatic heterocycles. The maximum Gasteiger partial charge on any atom is 0.333 e. The van der Waals surface area contributed by atoms with E-state index in [1.165, 1.54) is 135 Å². The van der Waals surface area contributed by atoms with Crippen LogP contribution in [0.2, 0.25) is 0 Å². The van der Waals surface area contributed by atoms with E-state index < -0.39 is 0 Å². The van der Waals surface area contributed by atoms with Crippen LogP contribution in [0.5, 0.6) is 0 Å². The Hall–Kier alpha value is -6.14. The quantitative estimate of drug-likeness (QED) is 0.149. The van der Waals surface area contributed by atoms with Crippen LogP contribution >= 0.6 is 22.7 Å². The van der Waals surface area contributed by atoms with E-state index in [1.807, 2.05) is 22.7 Å². The third-order valence-electron chi connectivity index (χ3n) is 15.3. The molecule has 0 unspecified atom stereocenters. The number of anilines is 2. The largest absolute Gasteiger partial charge is 0.376 e. The molecule has 0 radical (unpaired) electrons. The lowest BCUT2D eigenvalue weighted by molar-refractivity contribution is 0.584. The molecule has 8 aromatic carbocycles. The molecule has 14 rings (SSSR count). The Bertz CT molecular complexity index is 3900. The highest BCUT2D eigenvalue weighted by atomic mass is 32.1. The Balaban J connectivity index is 1.14. The van der Waals surface area contributed by atoms with Crippen LogP contribution in [-0.2, 0) is 16.2 Å². The lowest BCUT2D eigenvalue weighted by Crippen LogP contribution is -2.60. The van der Waals surface area contributed by atoms with Crippen LogP contribution in [-0.4, -0.2) is 11.4 Å². The molecular formula is C59H47BN2S2. The molecule has 5 heteroatoms. The zero-order valence-corrected chi connectivity index (χ0v) is 39.2. The van der Waals surface area contributed by atoms with Crippen LogP contribution in [0.1, 0.15) is 77.6 Å². The van der Waals surface area contributed by atoms with E-state index in [2.05, 4.69) is 204 Å². The Labute approximate surface area is 382 Å². The normalized spacial score (nSPS) is 14.9. The second-order valence-corrected chi connectivity index (χ2v) is 23.5. The summed E-state index contributed by atoms with van der Waals surface area (Å²) in [5, 5.41) is 8.00. The highest BCUT2D eigenvalue weighted by Gasteiger charge is 2.46. The lowest BCUT2D eigenvalue weighted by atomic mass is 9.44. The molecule has 0 atom stereocenters. The van der Waals surface area contributed by atoms with E-state index in [0.717, 1.165) is 0 Å². The minimum Gasteiger partial charge on any atom is -0.376 e. The summed E-state index contributed by atoms with van der Waals surface area (Å²) in [4.78, 5) is 2.73. The smallest absolute Gasteiger partial charge is 0.333 e. The maximum absolute atomic E-state index is 2.73. The number of fused-ring (bicyclic) bond motifs is 17. The van der Waals surface area contributed by atoms with Gasteiger partial charge in [0.05, 0.1) is 11.0 Å². The first kappa shape index (κ1) is 37.3. The van der Waals surface area contributed by atoms with Gasteiger partial charge in [-0.05, 0) is 115 Å². The van der Waals surface area contributed by atoms with Crippen molar-refractivity contribution in [2.45, 2.75) is 71.6 Å². The molecule has 0 spiro atoms. The van der Waals surface area contributed by atoms with Gasteiger partial charge in [-0.2, -0.15) is 0 Å². The zero-order valence-electron chi connectivity index (χ0n) is 37.6. The first-order chi connectivity index (χ1) is 30.7. The van der Waals surface area contributed by atoms with E-state index in [4.69, 9.17) is 0 Å². The van der Waals surface area contributed by atoms with E-state index >= 15 is 0 Å². The molecule has 0 bridgehead atoms. The van der Waals surface area contributed by atoms with E-state index in [9.17, 15) is 0 Å². The Kier molecular flexibility index (Phi) is 7.07. The number of aromatic nitrogens is 1. The SMILES string of the molecule is CC(C)(C)c1ccc(N2B3c4cc5c(cc4-n4c6cc7c(cc6c6ccc(c3c64)-c3cc4c(cc32)C(C)(C)c2cc(C(C)(C)C)ccc2-4)sc2ccccc27)sc2ccccc25)cc1. The van der Waals surface area contributed by atoms with Crippen LogP contribution in [0, 0.1) is 0 Å². The molecule has 2 aliphatic heterocycles. The third kappa shape index (κ3) is 4.76. The predicted molar refractivity (Wildman–Crippen MR) is 281 cm³/mol. The van der Waals surface area contributed by atoms with Gasteiger partial charge >= 0.3 is 6.85 Å². The van der Waals surface area contributed by atoms with Gasteiger partial charge in [0.2, 0.25) is 0 Å². The van der Waals surface area contributed by atoms with Crippen molar-refractivity contribution in [3.8, 4) is 27.9 Å². The van der Waals surface area contributed by atoms with Crippen LogP contribution in [0.25, 0.3) is 90.1 Å². The summed E-state index contributed by atoms with van der Waals surface area (Å²) in [5.41, 5.74) is 20.1. The van der Waals surface area contributed by atoms with Gasteiger partial charge in [0.1, 0.15) is 0 Å². The van der Waals surface area contributed by atoms with Gasteiger partial charge in [-0.15, -0.1) is 22.7 Å². The van der Waals surface area contributed by atoms with Gasteiger partial charge in [-0.25, -0.2) is 0 Å². The molecule has 3 aliphatic rings. The van der Waals surface area contributed by atoms with Crippen molar-refractivity contribution in [1.82, 2.24) is 4.57 Å². The number of nitrogens with zero attached hydrogens (tertiary/aromatic N) is 2. The summed E-state index contributed by atoms with van der Waals surface area (Å²) < 4.78 is 8.02. The molecule has 64 heavy (non-hydrogen) atoms. The van der Waals surface area contributed by atoms with E-state index in [0.29, 0.717) is 0 Å². The molecule has 5 heterocycles. The topological polar surface area (TPSA) is 8.17 Å². The van der Waals surface area contributed by atoms with Crippen molar-refractivity contribution < 1.29 is 0 Å². The number of thiophene rings is 2.